The van der Waals surface area contributed by atoms with Crippen LogP contribution in [0.25, 0.3) is 0 Å². The number of pyridine rings is 1. The van der Waals surface area contributed by atoms with E-state index in [1.165, 1.54) is 11.3 Å². The summed E-state index contributed by atoms with van der Waals surface area (Å²) in [4.78, 5) is 19.5. The SMILES string of the molecule is O=C(c1ccc(Br)s1)N1CCCCC1COc1cccnc1. The second-order valence-corrected chi connectivity index (χ2v) is 7.71. The van der Waals surface area contributed by atoms with Gasteiger partial charge in [0.25, 0.3) is 5.91 Å². The summed E-state index contributed by atoms with van der Waals surface area (Å²) < 4.78 is 6.79. The second kappa shape index (κ2) is 7.24. The van der Waals surface area contributed by atoms with Gasteiger partial charge in [-0.15, -0.1) is 11.3 Å². The van der Waals surface area contributed by atoms with Gasteiger partial charge in [-0.3, -0.25) is 9.78 Å². The average molecular weight is 381 g/mol. The predicted molar refractivity (Wildman–Crippen MR) is 90.4 cm³/mol. The fourth-order valence-electron chi connectivity index (χ4n) is 2.64. The number of likely N-dealkylation sites (tertiary alicyclic amines) is 1. The number of amides is 1. The van der Waals surface area contributed by atoms with E-state index >= 15 is 0 Å². The fraction of sp³-hybridized carbons (Fsp3) is 0.375. The van der Waals surface area contributed by atoms with Gasteiger partial charge in [0, 0.05) is 12.7 Å². The summed E-state index contributed by atoms with van der Waals surface area (Å²) in [5.74, 6) is 0.856. The molecule has 0 aliphatic carbocycles. The fourth-order valence-corrected chi connectivity index (χ4v) is 3.98. The molecule has 1 saturated heterocycles. The molecule has 1 aliphatic rings. The molecule has 4 nitrogen and oxygen atoms in total. The van der Waals surface area contributed by atoms with Crippen LogP contribution in [-0.4, -0.2) is 35.0 Å². The zero-order chi connectivity index (χ0) is 15.4. The lowest BCUT2D eigenvalue weighted by atomic mass is 10.0. The third-order valence-electron chi connectivity index (χ3n) is 3.75. The number of carbonyl (C=O) groups excluding carboxylic acids is 1. The van der Waals surface area contributed by atoms with Gasteiger partial charge in [0.1, 0.15) is 12.4 Å². The Bertz CT molecular complexity index is 632. The Balaban J connectivity index is 1.67. The minimum absolute atomic E-state index is 0.107. The summed E-state index contributed by atoms with van der Waals surface area (Å²) in [6, 6.07) is 7.66. The van der Waals surface area contributed by atoms with Crippen LogP contribution in [0.2, 0.25) is 0 Å². The summed E-state index contributed by atoms with van der Waals surface area (Å²) in [5.41, 5.74) is 0. The van der Waals surface area contributed by atoms with E-state index < -0.39 is 0 Å². The minimum Gasteiger partial charge on any atom is -0.490 e. The van der Waals surface area contributed by atoms with Crippen LogP contribution in [0.4, 0.5) is 0 Å². The maximum Gasteiger partial charge on any atom is 0.264 e. The molecule has 0 saturated carbocycles. The van der Waals surface area contributed by atoms with E-state index in [9.17, 15) is 4.79 Å². The van der Waals surface area contributed by atoms with Gasteiger partial charge in [-0.1, -0.05) is 0 Å². The largest absolute Gasteiger partial charge is 0.490 e. The Hall–Kier alpha value is -1.40. The van der Waals surface area contributed by atoms with E-state index in [0.29, 0.717) is 6.61 Å². The molecule has 0 radical (unpaired) electrons. The first-order valence-corrected chi connectivity index (χ1v) is 8.94. The van der Waals surface area contributed by atoms with Crippen molar-refractivity contribution < 1.29 is 9.53 Å². The molecule has 1 amide bonds. The smallest absolute Gasteiger partial charge is 0.264 e. The highest BCUT2D eigenvalue weighted by molar-refractivity contribution is 9.11. The molecule has 2 aromatic heterocycles. The molecule has 3 rings (SSSR count). The van der Waals surface area contributed by atoms with Gasteiger partial charge in [-0.2, -0.15) is 0 Å². The van der Waals surface area contributed by atoms with Crippen molar-refractivity contribution in [1.82, 2.24) is 9.88 Å². The Morgan fingerprint density at radius 1 is 1.41 bits per heavy atom. The summed E-state index contributed by atoms with van der Waals surface area (Å²) >= 11 is 4.90. The topological polar surface area (TPSA) is 42.4 Å². The first-order chi connectivity index (χ1) is 10.7. The van der Waals surface area contributed by atoms with E-state index in [1.54, 1.807) is 12.4 Å². The van der Waals surface area contributed by atoms with Crippen molar-refractivity contribution in [1.29, 1.82) is 0 Å². The molecule has 22 heavy (non-hydrogen) atoms. The van der Waals surface area contributed by atoms with Crippen LogP contribution in [0.3, 0.4) is 0 Å². The van der Waals surface area contributed by atoms with Crippen LogP contribution < -0.4 is 4.74 Å². The highest BCUT2D eigenvalue weighted by Crippen LogP contribution is 2.26. The highest BCUT2D eigenvalue weighted by atomic mass is 79.9. The van der Waals surface area contributed by atoms with E-state index in [1.807, 2.05) is 29.2 Å². The Morgan fingerprint density at radius 3 is 3.05 bits per heavy atom. The van der Waals surface area contributed by atoms with Crippen molar-refractivity contribution in [3.63, 3.8) is 0 Å². The second-order valence-electron chi connectivity index (χ2n) is 5.25. The van der Waals surface area contributed by atoms with Gasteiger partial charge in [0.05, 0.1) is 20.9 Å². The van der Waals surface area contributed by atoms with Crippen molar-refractivity contribution in [3.05, 3.63) is 45.3 Å². The molecule has 2 aromatic rings. The number of piperidine rings is 1. The van der Waals surface area contributed by atoms with Gasteiger partial charge in [0.15, 0.2) is 0 Å². The quantitative estimate of drug-likeness (QED) is 0.805. The van der Waals surface area contributed by atoms with Crippen LogP contribution >= 0.6 is 27.3 Å². The average Bonchev–Trinajstić information content (AvgIpc) is 3.00. The number of hydrogen-bond donors (Lipinski definition) is 0. The molecule has 1 fully saturated rings. The summed E-state index contributed by atoms with van der Waals surface area (Å²) in [5, 5.41) is 0. The number of carbonyl (C=O) groups is 1. The number of hydrogen-bond acceptors (Lipinski definition) is 4. The van der Waals surface area contributed by atoms with Crippen LogP contribution in [0, 0.1) is 0 Å². The Labute approximate surface area is 142 Å². The standard InChI is InChI=1S/C16H17BrN2O2S/c17-15-7-6-14(22-15)16(20)19-9-2-1-4-12(19)11-21-13-5-3-8-18-10-13/h3,5-8,10,12H,1-2,4,9,11H2. The molecule has 1 atom stereocenters. The molecule has 1 unspecified atom stereocenters. The van der Waals surface area contributed by atoms with Crippen molar-refractivity contribution in [2.45, 2.75) is 25.3 Å². The van der Waals surface area contributed by atoms with E-state index in [0.717, 1.165) is 40.2 Å². The number of aromatic nitrogens is 1. The lowest BCUT2D eigenvalue weighted by Crippen LogP contribution is -2.46. The summed E-state index contributed by atoms with van der Waals surface area (Å²) in [6.07, 6.45) is 6.60. The Kier molecular flexibility index (Phi) is 5.10. The first-order valence-electron chi connectivity index (χ1n) is 7.33. The van der Waals surface area contributed by atoms with Gasteiger partial charge >= 0.3 is 0 Å². The molecule has 0 spiro atoms. The van der Waals surface area contributed by atoms with E-state index in [2.05, 4.69) is 20.9 Å². The third kappa shape index (κ3) is 3.67. The third-order valence-corrected chi connectivity index (χ3v) is 5.36. The first kappa shape index (κ1) is 15.5. The molecule has 116 valence electrons. The van der Waals surface area contributed by atoms with Gasteiger partial charge in [0.2, 0.25) is 0 Å². The predicted octanol–water partition coefficient (Wildman–Crippen LogP) is 3.98. The van der Waals surface area contributed by atoms with Crippen molar-refractivity contribution in [3.8, 4) is 5.75 Å². The number of nitrogens with zero attached hydrogens (tertiary/aromatic N) is 2. The lowest BCUT2D eigenvalue weighted by Gasteiger charge is -2.35. The lowest BCUT2D eigenvalue weighted by molar-refractivity contribution is 0.0533. The minimum atomic E-state index is 0.107. The van der Waals surface area contributed by atoms with Gasteiger partial charge in [-0.25, -0.2) is 0 Å². The zero-order valence-corrected chi connectivity index (χ0v) is 14.5. The van der Waals surface area contributed by atoms with E-state index in [4.69, 9.17) is 4.74 Å². The van der Waals surface area contributed by atoms with Crippen molar-refractivity contribution >= 4 is 33.2 Å². The van der Waals surface area contributed by atoms with Crippen LogP contribution in [0.5, 0.6) is 5.75 Å². The summed E-state index contributed by atoms with van der Waals surface area (Å²) in [6.45, 7) is 1.32. The molecule has 0 N–H and O–H groups in total. The van der Waals surface area contributed by atoms with Crippen LogP contribution in [0.1, 0.15) is 28.9 Å². The maximum absolute atomic E-state index is 12.7. The molecular weight excluding hydrogens is 364 g/mol. The van der Waals surface area contributed by atoms with Crippen LogP contribution in [-0.2, 0) is 0 Å². The van der Waals surface area contributed by atoms with Gasteiger partial charge in [-0.05, 0) is 59.5 Å². The number of ether oxygens (including phenoxy) is 1. The normalized spacial score (nSPS) is 18.2. The van der Waals surface area contributed by atoms with Crippen molar-refractivity contribution in [2.24, 2.45) is 0 Å². The number of thiophene rings is 1. The zero-order valence-electron chi connectivity index (χ0n) is 12.1. The van der Waals surface area contributed by atoms with Crippen molar-refractivity contribution in [2.75, 3.05) is 13.2 Å². The maximum atomic E-state index is 12.7. The van der Waals surface area contributed by atoms with Crippen LogP contribution in [0.15, 0.2) is 40.4 Å². The Morgan fingerprint density at radius 2 is 2.32 bits per heavy atom. The molecule has 0 bridgehead atoms. The van der Waals surface area contributed by atoms with Gasteiger partial charge < -0.3 is 9.64 Å². The summed E-state index contributed by atoms with van der Waals surface area (Å²) in [7, 11) is 0. The molecule has 6 heteroatoms. The molecule has 1 aliphatic heterocycles. The highest BCUT2D eigenvalue weighted by Gasteiger charge is 2.28. The molecular formula is C16H17BrN2O2S. The van der Waals surface area contributed by atoms with E-state index in [-0.39, 0.29) is 11.9 Å². The number of halogens is 1. The monoisotopic (exact) mass is 380 g/mol. The molecule has 0 aromatic carbocycles. The molecule has 3 heterocycles. The number of rotatable bonds is 4.